The molecule has 0 aliphatic rings. The summed E-state index contributed by atoms with van der Waals surface area (Å²) >= 11 is 0. The van der Waals surface area contributed by atoms with Gasteiger partial charge in [-0.2, -0.15) is 0 Å². The van der Waals surface area contributed by atoms with E-state index in [1.807, 2.05) is 33.8 Å². The van der Waals surface area contributed by atoms with Crippen molar-refractivity contribution in [2.75, 3.05) is 0 Å². The molecule has 2 heteroatoms. The molecule has 1 amide bonds. The molecule has 0 aromatic carbocycles. The molecular formula is C13H25NO. The molecule has 2 nitrogen and oxygen atoms in total. The molecule has 0 aromatic heterocycles. The molecule has 2 N–H and O–H groups in total. The van der Waals surface area contributed by atoms with Crippen molar-refractivity contribution in [2.24, 2.45) is 5.73 Å². The molecule has 0 rings (SSSR count). The van der Waals surface area contributed by atoms with Crippen LogP contribution in [0.5, 0.6) is 0 Å². The van der Waals surface area contributed by atoms with Crippen LogP contribution < -0.4 is 5.73 Å². The van der Waals surface area contributed by atoms with Crippen molar-refractivity contribution >= 4 is 5.91 Å². The maximum Gasteiger partial charge on any atom is 0.217 e. The first-order valence-electron chi connectivity index (χ1n) is 5.43. The fourth-order valence-corrected chi connectivity index (χ4v) is 0.672. The number of amides is 1. The Morgan fingerprint density at radius 1 is 1.13 bits per heavy atom. The first-order valence-corrected chi connectivity index (χ1v) is 5.43. The first kappa shape index (κ1) is 19.3. The van der Waals surface area contributed by atoms with Crippen LogP contribution in [0, 0.1) is 0 Å². The highest BCUT2D eigenvalue weighted by Crippen LogP contribution is 2.05. The second-order valence-corrected chi connectivity index (χ2v) is 2.15. The van der Waals surface area contributed by atoms with Gasteiger partial charge in [-0.25, -0.2) is 0 Å². The largest absolute Gasteiger partial charge is 0.370 e. The Hall–Kier alpha value is -1.31. The summed E-state index contributed by atoms with van der Waals surface area (Å²) in [6.07, 6.45) is 6.19. The normalized spacial score (nSPS) is 8.67. The SMILES string of the molecule is C=C/C=C(\C=C)CCC(N)=O.CC.CC. The van der Waals surface area contributed by atoms with E-state index in [-0.39, 0.29) is 5.91 Å². The molecule has 0 fully saturated rings. The lowest BCUT2D eigenvalue weighted by atomic mass is 10.1. The molecule has 0 bridgehead atoms. The number of allylic oxidation sites excluding steroid dienone is 4. The fourth-order valence-electron chi connectivity index (χ4n) is 0.672. The minimum Gasteiger partial charge on any atom is -0.370 e. The Balaban J connectivity index is -0.000000318. The van der Waals surface area contributed by atoms with Crippen LogP contribution in [0.3, 0.4) is 0 Å². The van der Waals surface area contributed by atoms with E-state index < -0.39 is 0 Å². The zero-order valence-corrected chi connectivity index (χ0v) is 10.5. The fraction of sp³-hybridized carbons (Fsp3) is 0.462. The molecule has 0 saturated heterocycles. The van der Waals surface area contributed by atoms with E-state index in [9.17, 15) is 4.79 Å². The number of nitrogens with two attached hydrogens (primary N) is 1. The van der Waals surface area contributed by atoms with E-state index in [1.165, 1.54) is 0 Å². The van der Waals surface area contributed by atoms with Crippen LogP contribution in [0.25, 0.3) is 0 Å². The van der Waals surface area contributed by atoms with E-state index in [0.717, 1.165) is 5.57 Å². The van der Waals surface area contributed by atoms with Gasteiger partial charge in [0.2, 0.25) is 5.91 Å². The van der Waals surface area contributed by atoms with Crippen molar-refractivity contribution in [3.8, 4) is 0 Å². The highest BCUT2D eigenvalue weighted by Gasteiger charge is 1.95. The molecule has 0 aliphatic carbocycles. The zero-order valence-electron chi connectivity index (χ0n) is 10.5. The van der Waals surface area contributed by atoms with Crippen molar-refractivity contribution in [2.45, 2.75) is 40.5 Å². The Kier molecular flexibility index (Phi) is 23.8. The lowest BCUT2D eigenvalue weighted by molar-refractivity contribution is -0.117. The second kappa shape index (κ2) is 18.5. The summed E-state index contributed by atoms with van der Waals surface area (Å²) in [4.78, 5) is 10.4. The second-order valence-electron chi connectivity index (χ2n) is 2.15. The van der Waals surface area contributed by atoms with Gasteiger partial charge < -0.3 is 5.73 Å². The molecule has 0 heterocycles. The summed E-state index contributed by atoms with van der Waals surface area (Å²) in [5.41, 5.74) is 5.95. The Morgan fingerprint density at radius 3 is 1.87 bits per heavy atom. The summed E-state index contributed by atoms with van der Waals surface area (Å²) < 4.78 is 0. The van der Waals surface area contributed by atoms with Gasteiger partial charge in [-0.05, 0) is 12.0 Å². The van der Waals surface area contributed by atoms with Crippen LogP contribution >= 0.6 is 0 Å². The number of hydrogen-bond donors (Lipinski definition) is 1. The van der Waals surface area contributed by atoms with Gasteiger partial charge >= 0.3 is 0 Å². The zero-order chi connectivity index (χ0) is 12.7. The average Bonchev–Trinajstić information content (AvgIpc) is 2.29. The summed E-state index contributed by atoms with van der Waals surface area (Å²) in [5.74, 6) is -0.290. The van der Waals surface area contributed by atoms with Crippen LogP contribution in [0.15, 0.2) is 37.0 Å². The lowest BCUT2D eigenvalue weighted by Gasteiger charge is -1.96. The van der Waals surface area contributed by atoms with Crippen LogP contribution in [0.4, 0.5) is 0 Å². The van der Waals surface area contributed by atoms with Gasteiger partial charge in [0.05, 0.1) is 0 Å². The number of carbonyl (C=O) groups is 1. The van der Waals surface area contributed by atoms with E-state index in [0.29, 0.717) is 12.8 Å². The molecule has 88 valence electrons. The standard InChI is InChI=1S/C9H13NO.2C2H6/c1-3-5-8(4-2)6-7-9(10)11;2*1-2/h3-5H,1-2,6-7H2,(H2,10,11);2*1-2H3/b8-5+;;. The highest BCUT2D eigenvalue weighted by atomic mass is 16.1. The smallest absolute Gasteiger partial charge is 0.217 e. The third kappa shape index (κ3) is 19.2. The van der Waals surface area contributed by atoms with Crippen LogP contribution in [0.1, 0.15) is 40.5 Å². The molecule has 0 aromatic rings. The summed E-state index contributed by atoms with van der Waals surface area (Å²) in [5, 5.41) is 0. The van der Waals surface area contributed by atoms with Crippen molar-refractivity contribution < 1.29 is 4.79 Å². The number of hydrogen-bond acceptors (Lipinski definition) is 1. The molecule has 0 atom stereocenters. The lowest BCUT2D eigenvalue weighted by Crippen LogP contribution is -2.09. The van der Waals surface area contributed by atoms with Gasteiger partial charge in [-0.15, -0.1) is 0 Å². The minimum atomic E-state index is -0.290. The predicted octanol–water partition coefficient (Wildman–Crippen LogP) is 3.60. The van der Waals surface area contributed by atoms with E-state index in [2.05, 4.69) is 13.2 Å². The van der Waals surface area contributed by atoms with Gasteiger partial charge in [0.1, 0.15) is 0 Å². The molecule has 0 saturated carbocycles. The third-order valence-electron chi connectivity index (χ3n) is 1.25. The summed E-state index contributed by atoms with van der Waals surface area (Å²) in [6, 6.07) is 0. The summed E-state index contributed by atoms with van der Waals surface area (Å²) in [7, 11) is 0. The molecule has 0 unspecified atom stereocenters. The van der Waals surface area contributed by atoms with Gasteiger partial charge in [-0.3, -0.25) is 4.79 Å². The minimum absolute atomic E-state index is 0.290. The Labute approximate surface area is 94.6 Å². The van der Waals surface area contributed by atoms with E-state index in [1.54, 1.807) is 12.2 Å². The van der Waals surface area contributed by atoms with Gasteiger partial charge in [0, 0.05) is 6.42 Å². The monoisotopic (exact) mass is 211 g/mol. The van der Waals surface area contributed by atoms with Crippen molar-refractivity contribution in [1.82, 2.24) is 0 Å². The summed E-state index contributed by atoms with van der Waals surface area (Å²) in [6.45, 7) is 15.1. The number of rotatable bonds is 5. The average molecular weight is 211 g/mol. The Morgan fingerprint density at radius 2 is 1.60 bits per heavy atom. The van der Waals surface area contributed by atoms with E-state index in [4.69, 9.17) is 5.73 Å². The molecule has 0 spiro atoms. The van der Waals surface area contributed by atoms with Gasteiger partial charge in [0.15, 0.2) is 0 Å². The van der Waals surface area contributed by atoms with Crippen LogP contribution in [-0.4, -0.2) is 5.91 Å². The first-order chi connectivity index (χ1) is 7.20. The molecule has 0 aliphatic heterocycles. The Bertz CT molecular complexity index is 193. The molecular weight excluding hydrogens is 186 g/mol. The van der Waals surface area contributed by atoms with Crippen molar-refractivity contribution in [3.05, 3.63) is 37.0 Å². The maximum absolute atomic E-state index is 10.4. The highest BCUT2D eigenvalue weighted by molar-refractivity contribution is 5.74. The number of carbonyl (C=O) groups excluding carboxylic acids is 1. The van der Waals surface area contributed by atoms with E-state index >= 15 is 0 Å². The maximum atomic E-state index is 10.4. The van der Waals surface area contributed by atoms with Gasteiger partial charge in [0.25, 0.3) is 0 Å². The van der Waals surface area contributed by atoms with Gasteiger partial charge in [-0.1, -0.05) is 59.1 Å². The van der Waals surface area contributed by atoms with Crippen molar-refractivity contribution in [1.29, 1.82) is 0 Å². The van der Waals surface area contributed by atoms with Crippen LogP contribution in [0.2, 0.25) is 0 Å². The van der Waals surface area contributed by atoms with Crippen molar-refractivity contribution in [3.63, 3.8) is 0 Å². The quantitative estimate of drug-likeness (QED) is 0.694. The third-order valence-corrected chi connectivity index (χ3v) is 1.25. The predicted molar refractivity (Wildman–Crippen MR) is 69.6 cm³/mol. The topological polar surface area (TPSA) is 43.1 Å². The number of primary amides is 1. The molecule has 0 radical (unpaired) electrons. The molecule has 15 heavy (non-hydrogen) atoms. The van der Waals surface area contributed by atoms with Crippen LogP contribution in [-0.2, 0) is 4.79 Å².